The van der Waals surface area contributed by atoms with Gasteiger partial charge in [0, 0.05) is 11.4 Å². The molecular weight excluding hydrogens is 296 g/mol. The summed E-state index contributed by atoms with van der Waals surface area (Å²) in [5, 5.41) is 15.4. The number of halogens is 1. The van der Waals surface area contributed by atoms with E-state index in [1.807, 2.05) is 0 Å². The third-order valence-electron chi connectivity index (χ3n) is 3.22. The average Bonchev–Trinajstić information content (AvgIpc) is 2.79. The first kappa shape index (κ1) is 15.3. The summed E-state index contributed by atoms with van der Waals surface area (Å²) in [4.78, 5) is 23.4. The van der Waals surface area contributed by atoms with E-state index in [0.29, 0.717) is 10.7 Å². The summed E-state index contributed by atoms with van der Waals surface area (Å²) in [6.45, 7) is 3.39. The molecule has 0 saturated heterocycles. The Morgan fingerprint density at radius 2 is 2.24 bits per heavy atom. The maximum absolute atomic E-state index is 11.8. The van der Waals surface area contributed by atoms with Gasteiger partial charge in [-0.2, -0.15) is 5.10 Å². The summed E-state index contributed by atoms with van der Waals surface area (Å²) in [6.07, 6.45) is -0.0340. The molecule has 1 aliphatic rings. The second-order valence-electron chi connectivity index (χ2n) is 4.81. The van der Waals surface area contributed by atoms with Crippen LogP contribution in [0.25, 0.3) is 0 Å². The van der Waals surface area contributed by atoms with Gasteiger partial charge in [0.2, 0.25) is 0 Å². The molecule has 1 aromatic rings. The summed E-state index contributed by atoms with van der Waals surface area (Å²) in [6, 6.07) is 6.65. The van der Waals surface area contributed by atoms with Crippen molar-refractivity contribution in [2.24, 2.45) is 5.10 Å². The fourth-order valence-electron chi connectivity index (χ4n) is 2.11. The minimum atomic E-state index is -1.35. The summed E-state index contributed by atoms with van der Waals surface area (Å²) in [7, 11) is 0. The van der Waals surface area contributed by atoms with Gasteiger partial charge in [-0.15, -0.1) is 0 Å². The first-order valence-corrected chi connectivity index (χ1v) is 6.80. The van der Waals surface area contributed by atoms with Gasteiger partial charge in [0.1, 0.15) is 5.71 Å². The lowest BCUT2D eigenvalue weighted by atomic mass is 9.95. The molecule has 1 aliphatic heterocycles. The van der Waals surface area contributed by atoms with Crippen LogP contribution >= 0.6 is 11.6 Å². The minimum Gasteiger partial charge on any atom is -0.479 e. The van der Waals surface area contributed by atoms with Crippen molar-refractivity contribution in [3.63, 3.8) is 0 Å². The molecule has 1 N–H and O–H groups in total. The van der Waals surface area contributed by atoms with Crippen molar-refractivity contribution in [3.05, 3.63) is 29.3 Å². The monoisotopic (exact) mass is 310 g/mol. The largest absolute Gasteiger partial charge is 0.479 e. The molecule has 21 heavy (non-hydrogen) atoms. The Balaban J connectivity index is 2.42. The molecule has 0 saturated carbocycles. The standard InChI is InChI=1S/C14H15ClN2O4/c1-3-21-12(18)11-8-14(2,13(19)20)17(16-11)10-6-4-5-9(15)7-10/h4-7H,3,8H2,1-2H3,(H,19,20)/t14-/m1/s1. The predicted octanol–water partition coefficient (Wildman–Crippen LogP) is 2.31. The lowest BCUT2D eigenvalue weighted by Crippen LogP contribution is -2.47. The Labute approximate surface area is 127 Å². The summed E-state index contributed by atoms with van der Waals surface area (Å²) in [5.74, 6) is -1.68. The molecule has 0 amide bonds. The van der Waals surface area contributed by atoms with Gasteiger partial charge in [-0.25, -0.2) is 14.6 Å². The smallest absolute Gasteiger partial charge is 0.354 e. The number of anilines is 1. The lowest BCUT2D eigenvalue weighted by Gasteiger charge is -2.30. The van der Waals surface area contributed by atoms with Crippen LogP contribution in [0.2, 0.25) is 5.02 Å². The van der Waals surface area contributed by atoms with Gasteiger partial charge in [0.15, 0.2) is 5.54 Å². The maximum atomic E-state index is 11.8. The van der Waals surface area contributed by atoms with Crippen LogP contribution in [0.4, 0.5) is 5.69 Å². The van der Waals surface area contributed by atoms with Crippen molar-refractivity contribution in [2.45, 2.75) is 25.8 Å². The van der Waals surface area contributed by atoms with Crippen molar-refractivity contribution < 1.29 is 19.4 Å². The van der Waals surface area contributed by atoms with E-state index >= 15 is 0 Å². The van der Waals surface area contributed by atoms with E-state index in [9.17, 15) is 14.7 Å². The first-order chi connectivity index (χ1) is 9.88. The molecule has 0 radical (unpaired) electrons. The molecule has 0 spiro atoms. The third kappa shape index (κ3) is 2.85. The van der Waals surface area contributed by atoms with E-state index in [4.69, 9.17) is 16.3 Å². The number of nitrogens with zero attached hydrogens (tertiary/aromatic N) is 2. The van der Waals surface area contributed by atoms with Crippen LogP contribution in [0.1, 0.15) is 20.3 Å². The second-order valence-corrected chi connectivity index (χ2v) is 5.25. The highest BCUT2D eigenvalue weighted by molar-refractivity contribution is 6.38. The zero-order valence-electron chi connectivity index (χ0n) is 11.7. The van der Waals surface area contributed by atoms with E-state index in [0.717, 1.165) is 0 Å². The number of aliphatic carboxylic acids is 1. The number of benzene rings is 1. The number of rotatable bonds is 4. The topological polar surface area (TPSA) is 79.2 Å². The van der Waals surface area contributed by atoms with Gasteiger partial charge in [-0.05, 0) is 32.0 Å². The molecule has 112 valence electrons. The molecule has 0 unspecified atom stereocenters. The van der Waals surface area contributed by atoms with Crippen LogP contribution in [-0.4, -0.2) is 34.9 Å². The number of hydrazone groups is 1. The number of carbonyl (C=O) groups is 2. The van der Waals surface area contributed by atoms with Crippen molar-refractivity contribution in [2.75, 3.05) is 11.6 Å². The van der Waals surface area contributed by atoms with Crippen molar-refractivity contribution in [1.29, 1.82) is 0 Å². The maximum Gasteiger partial charge on any atom is 0.354 e. The fraction of sp³-hybridized carbons (Fsp3) is 0.357. The number of esters is 1. The van der Waals surface area contributed by atoms with Gasteiger partial charge in [0.05, 0.1) is 12.3 Å². The molecule has 1 heterocycles. The molecule has 2 rings (SSSR count). The van der Waals surface area contributed by atoms with Crippen LogP contribution < -0.4 is 5.01 Å². The highest BCUT2D eigenvalue weighted by Gasteiger charge is 2.48. The number of hydrogen-bond acceptors (Lipinski definition) is 5. The molecule has 6 nitrogen and oxygen atoms in total. The van der Waals surface area contributed by atoms with Gasteiger partial charge in [0.25, 0.3) is 0 Å². The Morgan fingerprint density at radius 1 is 1.52 bits per heavy atom. The zero-order chi connectivity index (χ0) is 15.6. The van der Waals surface area contributed by atoms with Crippen molar-refractivity contribution in [3.8, 4) is 0 Å². The Kier molecular flexibility index (Phi) is 4.18. The first-order valence-electron chi connectivity index (χ1n) is 6.42. The Morgan fingerprint density at radius 3 is 2.81 bits per heavy atom. The van der Waals surface area contributed by atoms with Gasteiger partial charge in [-0.3, -0.25) is 0 Å². The molecule has 1 aromatic carbocycles. The number of carbonyl (C=O) groups excluding carboxylic acids is 1. The SMILES string of the molecule is CCOC(=O)C1=NN(c2cccc(Cl)c2)[C@@](C)(C(=O)O)C1. The molecule has 0 aromatic heterocycles. The molecule has 0 aliphatic carbocycles. The van der Waals surface area contributed by atoms with Gasteiger partial charge < -0.3 is 9.84 Å². The normalized spacial score (nSPS) is 21.1. The molecule has 1 atom stereocenters. The number of hydrogen-bond donors (Lipinski definition) is 1. The number of carboxylic acids is 1. The van der Waals surface area contributed by atoms with Crippen LogP contribution in [0, 0.1) is 0 Å². The van der Waals surface area contributed by atoms with E-state index in [1.54, 1.807) is 31.2 Å². The van der Waals surface area contributed by atoms with E-state index < -0.39 is 17.5 Å². The Bertz CT molecular complexity index is 617. The predicted molar refractivity (Wildman–Crippen MR) is 78.7 cm³/mol. The van der Waals surface area contributed by atoms with Crippen molar-refractivity contribution in [1.82, 2.24) is 0 Å². The van der Waals surface area contributed by atoms with Crippen LogP contribution in [0.15, 0.2) is 29.4 Å². The molecular formula is C14H15ClN2O4. The van der Waals surface area contributed by atoms with Crippen molar-refractivity contribution >= 4 is 34.9 Å². The number of ether oxygens (including phenoxy) is 1. The average molecular weight is 311 g/mol. The lowest BCUT2D eigenvalue weighted by molar-refractivity contribution is -0.142. The Hall–Kier alpha value is -2.08. The minimum absolute atomic E-state index is 0.0340. The van der Waals surface area contributed by atoms with Crippen LogP contribution in [0.5, 0.6) is 0 Å². The summed E-state index contributed by atoms with van der Waals surface area (Å²) < 4.78 is 4.89. The summed E-state index contributed by atoms with van der Waals surface area (Å²) in [5.41, 5.74) is -0.763. The van der Waals surface area contributed by atoms with Crippen LogP contribution in [0.3, 0.4) is 0 Å². The van der Waals surface area contributed by atoms with E-state index in [1.165, 1.54) is 11.9 Å². The molecule has 0 bridgehead atoms. The van der Waals surface area contributed by atoms with Crippen LogP contribution in [-0.2, 0) is 14.3 Å². The van der Waals surface area contributed by atoms with Gasteiger partial charge in [-0.1, -0.05) is 17.7 Å². The summed E-state index contributed by atoms with van der Waals surface area (Å²) >= 11 is 5.93. The van der Waals surface area contributed by atoms with E-state index in [-0.39, 0.29) is 18.7 Å². The number of carboxylic acid groups (broad SMARTS) is 1. The molecule has 7 heteroatoms. The third-order valence-corrected chi connectivity index (χ3v) is 3.46. The quantitative estimate of drug-likeness (QED) is 0.863. The zero-order valence-corrected chi connectivity index (χ0v) is 12.4. The van der Waals surface area contributed by atoms with E-state index in [2.05, 4.69) is 5.10 Å². The second kappa shape index (κ2) is 5.73. The highest BCUT2D eigenvalue weighted by Crippen LogP contribution is 2.34. The molecule has 0 fully saturated rings. The van der Waals surface area contributed by atoms with Gasteiger partial charge >= 0.3 is 11.9 Å². The highest BCUT2D eigenvalue weighted by atomic mass is 35.5. The fourth-order valence-corrected chi connectivity index (χ4v) is 2.30.